The number of thiazole rings is 1. The van der Waals surface area contributed by atoms with E-state index in [1.807, 2.05) is 30.5 Å². The van der Waals surface area contributed by atoms with Crippen LogP contribution in [0.15, 0.2) is 28.1 Å². The quantitative estimate of drug-likeness (QED) is 0.905. The van der Waals surface area contributed by atoms with E-state index in [4.69, 9.17) is 0 Å². The lowest BCUT2D eigenvalue weighted by molar-refractivity contribution is 0.102. The second kappa shape index (κ2) is 5.06. The van der Waals surface area contributed by atoms with Crippen LogP contribution in [0, 0.1) is 6.92 Å². The summed E-state index contributed by atoms with van der Waals surface area (Å²) in [5.74, 6) is 0.500. The molecule has 5 heteroatoms. The Balaban J connectivity index is 1.78. The number of carbonyl (C=O) groups is 1. The number of nitrogens with zero attached hydrogens (tertiary/aromatic N) is 1. The molecule has 98 valence electrons. The van der Waals surface area contributed by atoms with Crippen LogP contribution in [0.4, 0.5) is 5.13 Å². The molecule has 1 saturated carbocycles. The summed E-state index contributed by atoms with van der Waals surface area (Å²) in [6.07, 6.45) is 2.45. The topological polar surface area (TPSA) is 42.0 Å². The summed E-state index contributed by atoms with van der Waals surface area (Å²) in [6, 6.07) is 5.66. The number of aromatic nitrogens is 1. The lowest BCUT2D eigenvalue weighted by Gasteiger charge is -2.06. The molecule has 1 aromatic carbocycles. The first-order valence-corrected chi connectivity index (χ1v) is 7.84. The van der Waals surface area contributed by atoms with Gasteiger partial charge in [0.25, 0.3) is 5.91 Å². The van der Waals surface area contributed by atoms with Gasteiger partial charge < -0.3 is 0 Å². The molecule has 1 fully saturated rings. The highest BCUT2D eigenvalue weighted by Crippen LogP contribution is 2.40. The number of rotatable bonds is 3. The molecular formula is C14H13BrN2OS. The predicted molar refractivity (Wildman–Crippen MR) is 80.9 cm³/mol. The van der Waals surface area contributed by atoms with Crippen LogP contribution >= 0.6 is 27.3 Å². The number of benzene rings is 1. The van der Waals surface area contributed by atoms with Crippen molar-refractivity contribution in [3.05, 3.63) is 44.9 Å². The largest absolute Gasteiger partial charge is 0.298 e. The first kappa shape index (κ1) is 12.8. The maximum absolute atomic E-state index is 12.2. The van der Waals surface area contributed by atoms with Crippen molar-refractivity contribution in [2.45, 2.75) is 25.7 Å². The molecule has 0 saturated heterocycles. The Morgan fingerprint density at radius 3 is 3.00 bits per heavy atom. The Labute approximate surface area is 124 Å². The lowest BCUT2D eigenvalue weighted by atomic mass is 10.1. The second-order valence-corrected chi connectivity index (χ2v) is 6.39. The number of nitrogens with one attached hydrogen (secondary N) is 1. The smallest absolute Gasteiger partial charge is 0.258 e. The van der Waals surface area contributed by atoms with E-state index in [1.165, 1.54) is 24.2 Å². The van der Waals surface area contributed by atoms with Crippen LogP contribution < -0.4 is 5.32 Å². The van der Waals surface area contributed by atoms with Crippen LogP contribution in [0.5, 0.6) is 0 Å². The molecule has 0 radical (unpaired) electrons. The van der Waals surface area contributed by atoms with Crippen LogP contribution in [0.25, 0.3) is 0 Å². The lowest BCUT2D eigenvalue weighted by Crippen LogP contribution is -2.12. The van der Waals surface area contributed by atoms with Gasteiger partial charge in [-0.1, -0.05) is 12.1 Å². The monoisotopic (exact) mass is 336 g/mol. The molecule has 2 aromatic rings. The standard InChI is InChI=1S/C14H13BrN2OS/c1-8-3-2-4-10(12(8)15)13(18)17-14-16-11(7-19-14)9-5-6-9/h2-4,7,9H,5-6H2,1H3,(H,16,17,18). The first-order valence-electron chi connectivity index (χ1n) is 6.17. The van der Waals surface area contributed by atoms with Crippen LogP contribution in [0.2, 0.25) is 0 Å². The van der Waals surface area contributed by atoms with Crippen molar-refractivity contribution in [2.24, 2.45) is 0 Å². The minimum Gasteiger partial charge on any atom is -0.298 e. The van der Waals surface area contributed by atoms with Crippen molar-refractivity contribution in [2.75, 3.05) is 5.32 Å². The fraction of sp³-hybridized carbons (Fsp3) is 0.286. The maximum atomic E-state index is 12.2. The molecule has 1 aliphatic rings. The molecule has 1 N–H and O–H groups in total. The number of carbonyl (C=O) groups excluding carboxylic acids is 1. The van der Waals surface area contributed by atoms with Gasteiger partial charge in [-0.15, -0.1) is 11.3 Å². The number of amides is 1. The van der Waals surface area contributed by atoms with E-state index < -0.39 is 0 Å². The third-order valence-electron chi connectivity index (χ3n) is 3.17. The summed E-state index contributed by atoms with van der Waals surface area (Å²) in [6.45, 7) is 1.97. The average molecular weight is 337 g/mol. The van der Waals surface area contributed by atoms with Gasteiger partial charge in [-0.05, 0) is 47.3 Å². The normalized spacial score (nSPS) is 14.4. The molecule has 3 nitrogen and oxygen atoms in total. The van der Waals surface area contributed by atoms with E-state index in [2.05, 4.69) is 26.2 Å². The number of hydrogen-bond donors (Lipinski definition) is 1. The number of halogens is 1. The van der Waals surface area contributed by atoms with Crippen molar-refractivity contribution in [1.29, 1.82) is 0 Å². The van der Waals surface area contributed by atoms with Crippen molar-refractivity contribution in [3.63, 3.8) is 0 Å². The van der Waals surface area contributed by atoms with Gasteiger partial charge in [0.15, 0.2) is 5.13 Å². The zero-order chi connectivity index (χ0) is 13.4. The fourth-order valence-electron chi connectivity index (χ4n) is 1.90. The average Bonchev–Trinajstić information content (AvgIpc) is 3.14. The van der Waals surface area contributed by atoms with Gasteiger partial charge in [-0.2, -0.15) is 0 Å². The highest BCUT2D eigenvalue weighted by molar-refractivity contribution is 9.10. The minimum atomic E-state index is -0.118. The second-order valence-electron chi connectivity index (χ2n) is 4.74. The van der Waals surface area contributed by atoms with E-state index >= 15 is 0 Å². The molecule has 1 aliphatic carbocycles. The maximum Gasteiger partial charge on any atom is 0.258 e. The van der Waals surface area contributed by atoms with E-state index in [9.17, 15) is 4.79 Å². The van der Waals surface area contributed by atoms with Crippen LogP contribution in [-0.4, -0.2) is 10.9 Å². The molecule has 1 heterocycles. The number of anilines is 1. The summed E-state index contributed by atoms with van der Waals surface area (Å²) >= 11 is 4.95. The van der Waals surface area contributed by atoms with Crippen molar-refractivity contribution < 1.29 is 4.79 Å². The molecule has 0 spiro atoms. The Hall–Kier alpha value is -1.20. The molecule has 19 heavy (non-hydrogen) atoms. The van der Waals surface area contributed by atoms with Crippen LogP contribution in [0.1, 0.15) is 40.4 Å². The highest BCUT2D eigenvalue weighted by Gasteiger charge is 2.26. The van der Waals surface area contributed by atoms with E-state index in [0.717, 1.165) is 15.7 Å². The van der Waals surface area contributed by atoms with E-state index in [0.29, 0.717) is 16.6 Å². The Bertz CT molecular complexity index is 634. The molecule has 1 aromatic heterocycles. The summed E-state index contributed by atoms with van der Waals surface area (Å²) in [7, 11) is 0. The zero-order valence-corrected chi connectivity index (χ0v) is 12.8. The third-order valence-corrected chi connectivity index (χ3v) is 5.00. The molecule has 0 aliphatic heterocycles. The number of hydrogen-bond acceptors (Lipinski definition) is 3. The van der Waals surface area contributed by atoms with Gasteiger partial charge in [0.1, 0.15) is 0 Å². The summed E-state index contributed by atoms with van der Waals surface area (Å²) in [5, 5.41) is 5.59. The van der Waals surface area contributed by atoms with Crippen molar-refractivity contribution in [3.8, 4) is 0 Å². The van der Waals surface area contributed by atoms with Gasteiger partial charge in [-0.3, -0.25) is 10.1 Å². The first-order chi connectivity index (χ1) is 9.15. The third kappa shape index (κ3) is 2.72. The van der Waals surface area contributed by atoms with E-state index in [-0.39, 0.29) is 5.91 Å². The Kier molecular flexibility index (Phi) is 3.41. The molecule has 3 rings (SSSR count). The minimum absolute atomic E-state index is 0.118. The van der Waals surface area contributed by atoms with Gasteiger partial charge in [0.2, 0.25) is 0 Å². The summed E-state index contributed by atoms with van der Waals surface area (Å²) in [5.41, 5.74) is 2.80. The Morgan fingerprint density at radius 2 is 2.26 bits per heavy atom. The van der Waals surface area contributed by atoms with Crippen LogP contribution in [-0.2, 0) is 0 Å². The number of aryl methyl sites for hydroxylation is 1. The van der Waals surface area contributed by atoms with Gasteiger partial charge in [-0.25, -0.2) is 4.98 Å². The van der Waals surface area contributed by atoms with Gasteiger partial charge in [0.05, 0.1) is 11.3 Å². The highest BCUT2D eigenvalue weighted by atomic mass is 79.9. The van der Waals surface area contributed by atoms with Gasteiger partial charge >= 0.3 is 0 Å². The predicted octanol–water partition coefficient (Wildman–Crippen LogP) is 4.34. The van der Waals surface area contributed by atoms with E-state index in [1.54, 1.807) is 0 Å². The molecular weight excluding hydrogens is 324 g/mol. The summed E-state index contributed by atoms with van der Waals surface area (Å²) < 4.78 is 0.839. The SMILES string of the molecule is Cc1cccc(C(=O)Nc2nc(C3CC3)cs2)c1Br. The van der Waals surface area contributed by atoms with Crippen LogP contribution in [0.3, 0.4) is 0 Å². The molecule has 1 amide bonds. The van der Waals surface area contributed by atoms with Crippen molar-refractivity contribution in [1.82, 2.24) is 4.98 Å². The molecule has 0 atom stereocenters. The van der Waals surface area contributed by atoms with Gasteiger partial charge in [0, 0.05) is 15.8 Å². The molecule has 0 unspecified atom stereocenters. The Morgan fingerprint density at radius 1 is 1.47 bits per heavy atom. The fourth-order valence-corrected chi connectivity index (χ4v) is 3.13. The zero-order valence-electron chi connectivity index (χ0n) is 10.4. The summed E-state index contributed by atoms with van der Waals surface area (Å²) in [4.78, 5) is 16.7. The van der Waals surface area contributed by atoms with Crippen molar-refractivity contribution >= 4 is 38.3 Å². The molecule has 0 bridgehead atoms.